The number of rotatable bonds is 13. The van der Waals surface area contributed by atoms with Gasteiger partial charge in [-0.25, -0.2) is 8.42 Å². The van der Waals surface area contributed by atoms with Crippen LogP contribution in [0.1, 0.15) is 48.1 Å². The standard InChI is InChI=1S/C37H42ClN3O4S/c1-6-29(5)39-37(43)35(22-30-10-8-7-9-11-30)40(24-31-17-12-26(2)13-18-31)36(42)25-41(32-19-16-28(4)34(38)23-32)46(44,45)33-20-14-27(3)15-21-33/h7-21,23,29,35H,6,22,24-25H2,1-5H3,(H,39,43)/t29-,35+/m1/s1. The van der Waals surface area contributed by atoms with Crippen molar-refractivity contribution in [3.05, 3.63) is 130 Å². The van der Waals surface area contributed by atoms with E-state index in [2.05, 4.69) is 5.32 Å². The average molecular weight is 660 g/mol. The summed E-state index contributed by atoms with van der Waals surface area (Å²) < 4.78 is 29.5. The number of amides is 2. The molecular weight excluding hydrogens is 618 g/mol. The lowest BCUT2D eigenvalue weighted by atomic mass is 10.0. The summed E-state index contributed by atoms with van der Waals surface area (Å²) in [6.07, 6.45) is 0.967. The normalized spacial score (nSPS) is 12.7. The zero-order valence-corrected chi connectivity index (χ0v) is 28.6. The smallest absolute Gasteiger partial charge is 0.264 e. The van der Waals surface area contributed by atoms with E-state index in [1.165, 1.54) is 17.0 Å². The highest BCUT2D eigenvalue weighted by Crippen LogP contribution is 2.29. The Hall–Kier alpha value is -4.14. The molecule has 0 heterocycles. The Balaban J connectivity index is 1.82. The van der Waals surface area contributed by atoms with Crippen LogP contribution in [0.5, 0.6) is 0 Å². The minimum Gasteiger partial charge on any atom is -0.352 e. The Kier molecular flexibility index (Phi) is 11.7. The van der Waals surface area contributed by atoms with Gasteiger partial charge in [0.15, 0.2) is 0 Å². The van der Waals surface area contributed by atoms with Crippen LogP contribution in [0.15, 0.2) is 102 Å². The quantitative estimate of drug-likeness (QED) is 0.167. The number of hydrogen-bond acceptors (Lipinski definition) is 4. The molecule has 0 aliphatic heterocycles. The first-order chi connectivity index (χ1) is 21.9. The zero-order valence-electron chi connectivity index (χ0n) is 27.0. The topological polar surface area (TPSA) is 86.8 Å². The average Bonchev–Trinajstić information content (AvgIpc) is 3.04. The van der Waals surface area contributed by atoms with Crippen molar-refractivity contribution < 1.29 is 18.0 Å². The van der Waals surface area contributed by atoms with Gasteiger partial charge in [-0.2, -0.15) is 0 Å². The molecule has 0 saturated carbocycles. The highest BCUT2D eigenvalue weighted by molar-refractivity contribution is 7.92. The fraction of sp³-hybridized carbons (Fsp3) is 0.297. The number of halogens is 1. The molecule has 2 atom stereocenters. The highest BCUT2D eigenvalue weighted by Gasteiger charge is 2.35. The molecule has 0 aromatic heterocycles. The van der Waals surface area contributed by atoms with E-state index < -0.39 is 28.5 Å². The molecule has 0 aliphatic carbocycles. The lowest BCUT2D eigenvalue weighted by Crippen LogP contribution is -2.54. The van der Waals surface area contributed by atoms with Gasteiger partial charge in [-0.3, -0.25) is 13.9 Å². The van der Waals surface area contributed by atoms with Crippen molar-refractivity contribution in [3.8, 4) is 0 Å². The number of nitrogens with one attached hydrogen (secondary N) is 1. The summed E-state index contributed by atoms with van der Waals surface area (Å²) >= 11 is 6.47. The zero-order chi connectivity index (χ0) is 33.4. The molecule has 1 N–H and O–H groups in total. The molecule has 4 aromatic rings. The second kappa shape index (κ2) is 15.4. The van der Waals surface area contributed by atoms with E-state index in [1.54, 1.807) is 30.3 Å². The van der Waals surface area contributed by atoms with E-state index in [0.29, 0.717) is 11.4 Å². The Morgan fingerprint density at radius 3 is 2.02 bits per heavy atom. The molecule has 4 rings (SSSR count). The first kappa shape index (κ1) is 34.7. The van der Waals surface area contributed by atoms with Crippen LogP contribution in [-0.2, 0) is 32.6 Å². The van der Waals surface area contributed by atoms with E-state index in [4.69, 9.17) is 11.6 Å². The molecule has 0 spiro atoms. The molecule has 9 heteroatoms. The molecular formula is C37H42ClN3O4S. The predicted molar refractivity (Wildman–Crippen MR) is 185 cm³/mol. The van der Waals surface area contributed by atoms with E-state index in [9.17, 15) is 18.0 Å². The second-order valence-electron chi connectivity index (χ2n) is 11.8. The summed E-state index contributed by atoms with van der Waals surface area (Å²) in [6.45, 7) is 9.14. The van der Waals surface area contributed by atoms with Crippen LogP contribution < -0.4 is 9.62 Å². The van der Waals surface area contributed by atoms with Crippen LogP contribution >= 0.6 is 11.6 Å². The van der Waals surface area contributed by atoms with Gasteiger partial charge in [-0.05, 0) is 75.1 Å². The number of nitrogens with zero attached hydrogens (tertiary/aromatic N) is 2. The third-order valence-corrected chi connectivity index (χ3v) is 10.3. The minimum absolute atomic E-state index is 0.0445. The number of anilines is 1. The number of carbonyl (C=O) groups excluding carboxylic acids is 2. The third-order valence-electron chi connectivity index (χ3n) is 8.08. The number of aryl methyl sites for hydroxylation is 3. The van der Waals surface area contributed by atoms with Gasteiger partial charge in [-0.15, -0.1) is 0 Å². The van der Waals surface area contributed by atoms with Crippen molar-refractivity contribution >= 4 is 39.1 Å². The molecule has 0 fully saturated rings. The predicted octanol–water partition coefficient (Wildman–Crippen LogP) is 7.02. The fourth-order valence-electron chi connectivity index (χ4n) is 4.99. The first-order valence-corrected chi connectivity index (χ1v) is 17.3. The van der Waals surface area contributed by atoms with Gasteiger partial charge >= 0.3 is 0 Å². The molecule has 4 aromatic carbocycles. The first-order valence-electron chi connectivity index (χ1n) is 15.4. The van der Waals surface area contributed by atoms with Gasteiger partial charge in [0, 0.05) is 24.0 Å². The Bertz CT molecular complexity index is 1740. The molecule has 0 radical (unpaired) electrons. The summed E-state index contributed by atoms with van der Waals surface area (Å²) in [5, 5.41) is 3.43. The van der Waals surface area contributed by atoms with Crippen LogP contribution in [-0.4, -0.2) is 43.8 Å². The number of sulfonamides is 1. The molecule has 7 nitrogen and oxygen atoms in total. The van der Waals surface area contributed by atoms with E-state index in [1.807, 2.05) is 89.2 Å². The van der Waals surface area contributed by atoms with Crippen LogP contribution in [0.3, 0.4) is 0 Å². The van der Waals surface area contributed by atoms with Gasteiger partial charge < -0.3 is 10.2 Å². The van der Waals surface area contributed by atoms with Crippen molar-refractivity contribution in [2.75, 3.05) is 10.8 Å². The summed E-state index contributed by atoms with van der Waals surface area (Å²) in [7, 11) is -4.21. The van der Waals surface area contributed by atoms with Gasteiger partial charge in [0.2, 0.25) is 11.8 Å². The van der Waals surface area contributed by atoms with E-state index in [-0.39, 0.29) is 35.5 Å². The molecule has 0 unspecified atom stereocenters. The van der Waals surface area contributed by atoms with Crippen molar-refractivity contribution in [2.45, 2.75) is 71.0 Å². The summed E-state index contributed by atoms with van der Waals surface area (Å²) in [6, 6.07) is 27.6. The molecule has 0 saturated heterocycles. The number of carbonyl (C=O) groups is 2. The molecule has 0 bridgehead atoms. The van der Waals surface area contributed by atoms with Gasteiger partial charge in [0.1, 0.15) is 12.6 Å². The summed E-state index contributed by atoms with van der Waals surface area (Å²) in [5.74, 6) is -0.821. The molecule has 0 aliphatic rings. The number of benzene rings is 4. The van der Waals surface area contributed by atoms with Crippen molar-refractivity contribution in [1.29, 1.82) is 0 Å². The number of hydrogen-bond donors (Lipinski definition) is 1. The monoisotopic (exact) mass is 659 g/mol. The van der Waals surface area contributed by atoms with Crippen molar-refractivity contribution in [1.82, 2.24) is 10.2 Å². The fourth-order valence-corrected chi connectivity index (χ4v) is 6.57. The van der Waals surface area contributed by atoms with Crippen LogP contribution in [0, 0.1) is 20.8 Å². The van der Waals surface area contributed by atoms with Gasteiger partial charge in [0.05, 0.1) is 10.6 Å². The summed E-state index contributed by atoms with van der Waals surface area (Å²) in [4.78, 5) is 30.1. The maximum atomic E-state index is 14.6. The maximum Gasteiger partial charge on any atom is 0.264 e. The minimum atomic E-state index is -4.21. The van der Waals surface area contributed by atoms with Crippen molar-refractivity contribution in [3.63, 3.8) is 0 Å². The Morgan fingerprint density at radius 1 is 0.826 bits per heavy atom. The van der Waals surface area contributed by atoms with Crippen LogP contribution in [0.2, 0.25) is 5.02 Å². The highest BCUT2D eigenvalue weighted by atomic mass is 35.5. The van der Waals surface area contributed by atoms with Crippen molar-refractivity contribution in [2.24, 2.45) is 0 Å². The van der Waals surface area contributed by atoms with E-state index >= 15 is 0 Å². The molecule has 46 heavy (non-hydrogen) atoms. The Labute approximate surface area is 278 Å². The van der Waals surface area contributed by atoms with Crippen LogP contribution in [0.25, 0.3) is 0 Å². The Morgan fingerprint density at radius 2 is 1.43 bits per heavy atom. The van der Waals surface area contributed by atoms with Gasteiger partial charge in [0.25, 0.3) is 10.0 Å². The van der Waals surface area contributed by atoms with Gasteiger partial charge in [-0.1, -0.05) is 102 Å². The molecule has 242 valence electrons. The summed E-state index contributed by atoms with van der Waals surface area (Å²) in [5.41, 5.74) is 4.69. The SMILES string of the molecule is CC[C@@H](C)NC(=O)[C@H](Cc1ccccc1)N(Cc1ccc(C)cc1)C(=O)CN(c1ccc(C)c(Cl)c1)S(=O)(=O)c1ccc(C)cc1. The maximum absolute atomic E-state index is 14.6. The lowest BCUT2D eigenvalue weighted by molar-refractivity contribution is -0.140. The largest absolute Gasteiger partial charge is 0.352 e. The third kappa shape index (κ3) is 8.77. The lowest BCUT2D eigenvalue weighted by Gasteiger charge is -2.34. The molecule has 2 amide bonds. The van der Waals surface area contributed by atoms with E-state index in [0.717, 1.165) is 32.1 Å². The van der Waals surface area contributed by atoms with Crippen LogP contribution in [0.4, 0.5) is 5.69 Å². The second-order valence-corrected chi connectivity index (χ2v) is 14.1.